The number of likely N-dealkylation sites (tertiary alicyclic amines) is 1. The molecule has 4 heteroatoms. The van der Waals surface area contributed by atoms with Crippen LogP contribution in [0.4, 0.5) is 0 Å². The zero-order chi connectivity index (χ0) is 13.7. The summed E-state index contributed by atoms with van der Waals surface area (Å²) < 4.78 is 1.97. The molecule has 0 atom stereocenters. The first-order valence-electron chi connectivity index (χ1n) is 7.60. The van der Waals surface area contributed by atoms with Crippen molar-refractivity contribution in [3.8, 4) is 0 Å². The second kappa shape index (κ2) is 7.06. The lowest BCUT2D eigenvalue weighted by Gasteiger charge is -2.19. The summed E-state index contributed by atoms with van der Waals surface area (Å²) in [5, 5.41) is 8.03. The first kappa shape index (κ1) is 14.5. The van der Waals surface area contributed by atoms with Gasteiger partial charge in [-0.15, -0.1) is 0 Å². The van der Waals surface area contributed by atoms with E-state index in [-0.39, 0.29) is 0 Å². The second-order valence-corrected chi connectivity index (χ2v) is 5.71. The average Bonchev–Trinajstić information content (AvgIpc) is 2.62. The van der Waals surface area contributed by atoms with Crippen molar-refractivity contribution < 1.29 is 0 Å². The minimum absolute atomic E-state index is 0.944. The van der Waals surface area contributed by atoms with E-state index in [1.54, 1.807) is 0 Å². The summed E-state index contributed by atoms with van der Waals surface area (Å²) in [5.41, 5.74) is 3.79. The molecule has 1 aromatic heterocycles. The summed E-state index contributed by atoms with van der Waals surface area (Å²) in [4.78, 5) is 2.60. The van der Waals surface area contributed by atoms with Gasteiger partial charge in [0.2, 0.25) is 0 Å². The smallest absolute Gasteiger partial charge is 0.0641 e. The molecule has 0 radical (unpaired) electrons. The van der Waals surface area contributed by atoms with Crippen molar-refractivity contribution in [1.29, 1.82) is 0 Å². The SMILES string of the molecule is Cc1nn(C)c(C)c1CNCCN1CCCCCC1. The summed E-state index contributed by atoms with van der Waals surface area (Å²) in [7, 11) is 2.02. The predicted molar refractivity (Wildman–Crippen MR) is 79.3 cm³/mol. The van der Waals surface area contributed by atoms with Gasteiger partial charge in [-0.05, 0) is 39.8 Å². The lowest BCUT2D eigenvalue weighted by molar-refractivity contribution is 0.284. The molecular formula is C15H28N4. The van der Waals surface area contributed by atoms with Crippen LogP contribution in [-0.2, 0) is 13.6 Å². The van der Waals surface area contributed by atoms with E-state index < -0.39 is 0 Å². The molecule has 1 saturated heterocycles. The fraction of sp³-hybridized carbons (Fsp3) is 0.800. The van der Waals surface area contributed by atoms with Crippen LogP contribution in [-0.4, -0.2) is 40.9 Å². The van der Waals surface area contributed by atoms with Gasteiger partial charge in [0, 0.05) is 37.9 Å². The van der Waals surface area contributed by atoms with Gasteiger partial charge in [-0.3, -0.25) is 4.68 Å². The summed E-state index contributed by atoms with van der Waals surface area (Å²) in [6.45, 7) is 10.0. The molecule has 0 aliphatic carbocycles. The van der Waals surface area contributed by atoms with E-state index in [1.807, 2.05) is 11.7 Å². The van der Waals surface area contributed by atoms with Gasteiger partial charge in [-0.25, -0.2) is 0 Å². The Kier molecular flexibility index (Phi) is 5.40. The lowest BCUT2D eigenvalue weighted by atomic mass is 10.2. The van der Waals surface area contributed by atoms with Gasteiger partial charge in [0.15, 0.2) is 0 Å². The zero-order valence-electron chi connectivity index (χ0n) is 12.7. The Balaban J connectivity index is 1.71. The molecule has 0 unspecified atom stereocenters. The van der Waals surface area contributed by atoms with Gasteiger partial charge in [-0.1, -0.05) is 12.8 Å². The predicted octanol–water partition coefficient (Wildman–Crippen LogP) is 2.00. The summed E-state index contributed by atoms with van der Waals surface area (Å²) in [6, 6.07) is 0. The van der Waals surface area contributed by atoms with Crippen LogP contribution in [0, 0.1) is 13.8 Å². The van der Waals surface area contributed by atoms with Crippen LogP contribution in [0.15, 0.2) is 0 Å². The Labute approximate surface area is 117 Å². The molecule has 0 aromatic carbocycles. The molecule has 0 bridgehead atoms. The maximum atomic E-state index is 4.46. The fourth-order valence-corrected chi connectivity index (χ4v) is 2.88. The maximum absolute atomic E-state index is 4.46. The number of hydrogen-bond donors (Lipinski definition) is 1. The van der Waals surface area contributed by atoms with Gasteiger partial charge in [0.25, 0.3) is 0 Å². The van der Waals surface area contributed by atoms with E-state index in [4.69, 9.17) is 0 Å². The zero-order valence-corrected chi connectivity index (χ0v) is 12.7. The van der Waals surface area contributed by atoms with Crippen molar-refractivity contribution in [2.75, 3.05) is 26.2 Å². The van der Waals surface area contributed by atoms with Crippen molar-refractivity contribution in [2.24, 2.45) is 7.05 Å². The molecule has 1 fully saturated rings. The van der Waals surface area contributed by atoms with Crippen molar-refractivity contribution in [2.45, 2.75) is 46.1 Å². The average molecular weight is 264 g/mol. The largest absolute Gasteiger partial charge is 0.311 e. The van der Waals surface area contributed by atoms with Crippen LogP contribution in [0.2, 0.25) is 0 Å². The minimum atomic E-state index is 0.944. The van der Waals surface area contributed by atoms with Crippen molar-refractivity contribution >= 4 is 0 Å². The minimum Gasteiger partial charge on any atom is -0.311 e. The van der Waals surface area contributed by atoms with Crippen LogP contribution in [0.25, 0.3) is 0 Å². The summed E-state index contributed by atoms with van der Waals surface area (Å²) in [6.07, 6.45) is 5.58. The normalized spacial score (nSPS) is 17.6. The number of nitrogens with zero attached hydrogens (tertiary/aromatic N) is 3. The molecule has 0 amide bonds. The maximum Gasteiger partial charge on any atom is 0.0641 e. The Morgan fingerprint density at radius 1 is 1.11 bits per heavy atom. The molecule has 1 N–H and O–H groups in total. The summed E-state index contributed by atoms with van der Waals surface area (Å²) >= 11 is 0. The Hall–Kier alpha value is -0.870. The van der Waals surface area contributed by atoms with Crippen LogP contribution in [0.5, 0.6) is 0 Å². The Bertz CT molecular complexity index is 389. The van der Waals surface area contributed by atoms with E-state index in [0.717, 1.165) is 18.8 Å². The van der Waals surface area contributed by atoms with Crippen molar-refractivity contribution in [3.05, 3.63) is 17.0 Å². The second-order valence-electron chi connectivity index (χ2n) is 5.71. The van der Waals surface area contributed by atoms with E-state index in [0.29, 0.717) is 0 Å². The first-order valence-corrected chi connectivity index (χ1v) is 7.60. The van der Waals surface area contributed by atoms with Gasteiger partial charge >= 0.3 is 0 Å². The van der Waals surface area contributed by atoms with Crippen LogP contribution in [0.3, 0.4) is 0 Å². The molecule has 1 aromatic rings. The third kappa shape index (κ3) is 4.05. The fourth-order valence-electron chi connectivity index (χ4n) is 2.88. The highest BCUT2D eigenvalue weighted by Crippen LogP contribution is 2.11. The Morgan fingerprint density at radius 2 is 1.79 bits per heavy atom. The van der Waals surface area contributed by atoms with Gasteiger partial charge in [0.1, 0.15) is 0 Å². The van der Waals surface area contributed by atoms with Gasteiger partial charge < -0.3 is 10.2 Å². The summed E-state index contributed by atoms with van der Waals surface area (Å²) in [5.74, 6) is 0. The third-order valence-electron chi connectivity index (χ3n) is 4.26. The highest BCUT2D eigenvalue weighted by molar-refractivity contribution is 5.23. The monoisotopic (exact) mass is 264 g/mol. The number of rotatable bonds is 5. The highest BCUT2D eigenvalue weighted by atomic mass is 15.3. The quantitative estimate of drug-likeness (QED) is 0.826. The lowest BCUT2D eigenvalue weighted by Crippen LogP contribution is -2.32. The number of aromatic nitrogens is 2. The molecular weight excluding hydrogens is 236 g/mol. The highest BCUT2D eigenvalue weighted by Gasteiger charge is 2.10. The standard InChI is InChI=1S/C15H28N4/c1-13-15(14(2)18(3)17-13)12-16-8-11-19-9-6-4-5-7-10-19/h16H,4-12H2,1-3H3. The van der Waals surface area contributed by atoms with Crippen LogP contribution >= 0.6 is 0 Å². The van der Waals surface area contributed by atoms with E-state index in [2.05, 4.69) is 29.2 Å². The Morgan fingerprint density at radius 3 is 2.37 bits per heavy atom. The van der Waals surface area contributed by atoms with Gasteiger partial charge in [-0.2, -0.15) is 5.10 Å². The molecule has 2 rings (SSSR count). The van der Waals surface area contributed by atoms with E-state index in [1.165, 1.54) is 56.6 Å². The van der Waals surface area contributed by atoms with E-state index >= 15 is 0 Å². The van der Waals surface area contributed by atoms with E-state index in [9.17, 15) is 0 Å². The molecule has 4 nitrogen and oxygen atoms in total. The number of aryl methyl sites for hydroxylation is 2. The van der Waals surface area contributed by atoms with Crippen LogP contribution < -0.4 is 5.32 Å². The van der Waals surface area contributed by atoms with Gasteiger partial charge in [0.05, 0.1) is 5.69 Å². The van der Waals surface area contributed by atoms with Crippen molar-refractivity contribution in [1.82, 2.24) is 20.0 Å². The third-order valence-corrected chi connectivity index (χ3v) is 4.26. The van der Waals surface area contributed by atoms with Crippen LogP contribution in [0.1, 0.15) is 42.6 Å². The number of nitrogens with one attached hydrogen (secondary N) is 1. The first-order chi connectivity index (χ1) is 9.18. The molecule has 19 heavy (non-hydrogen) atoms. The van der Waals surface area contributed by atoms with Crippen molar-refractivity contribution in [3.63, 3.8) is 0 Å². The molecule has 1 aliphatic heterocycles. The molecule has 108 valence electrons. The molecule has 0 saturated carbocycles. The molecule has 0 spiro atoms. The molecule has 2 heterocycles. The topological polar surface area (TPSA) is 33.1 Å². The number of hydrogen-bond acceptors (Lipinski definition) is 3. The molecule has 1 aliphatic rings.